The number of carbonyl (C=O) groups excluding carboxylic acids is 1. The number of amides is 1. The van der Waals surface area contributed by atoms with Crippen LogP contribution in [0.1, 0.15) is 42.6 Å². The molecular formula is C15H19F2N5O2. The van der Waals surface area contributed by atoms with Gasteiger partial charge in [-0.05, 0) is 18.9 Å². The Morgan fingerprint density at radius 2 is 2.00 bits per heavy atom. The summed E-state index contributed by atoms with van der Waals surface area (Å²) in [7, 11) is 0. The summed E-state index contributed by atoms with van der Waals surface area (Å²) in [6.07, 6.45) is 12.4. The van der Waals surface area contributed by atoms with Gasteiger partial charge in [0.15, 0.2) is 0 Å². The average Bonchev–Trinajstić information content (AvgIpc) is 3.10. The van der Waals surface area contributed by atoms with Crippen LogP contribution >= 0.6 is 0 Å². The number of carbonyl (C=O) groups is 1. The Hall–Kier alpha value is -2.42. The first-order valence-electron chi connectivity index (χ1n) is 7.64. The van der Waals surface area contributed by atoms with Crippen LogP contribution in [-0.2, 0) is 0 Å². The number of aliphatic hydroxyl groups excluding tert-OH is 1. The van der Waals surface area contributed by atoms with E-state index in [1.165, 1.54) is 19.3 Å². The quantitative estimate of drug-likeness (QED) is 0.891. The minimum Gasteiger partial charge on any atom is -0.348 e. The van der Waals surface area contributed by atoms with Gasteiger partial charge in [-0.25, -0.2) is 15.0 Å². The molecule has 2 aromatic heterocycles. The minimum atomic E-state index is -3.17. The molecule has 7 nitrogen and oxygen atoms in total. The molecule has 130 valence electrons. The second-order valence-electron chi connectivity index (χ2n) is 5.30. The van der Waals surface area contributed by atoms with E-state index in [4.69, 9.17) is 5.11 Å². The number of aromatic nitrogens is 4. The summed E-state index contributed by atoms with van der Waals surface area (Å²) >= 11 is 0. The maximum atomic E-state index is 12.2. The number of imidazole rings is 1. The van der Waals surface area contributed by atoms with Gasteiger partial charge in [0.25, 0.3) is 5.91 Å². The van der Waals surface area contributed by atoms with Gasteiger partial charge in [-0.1, -0.05) is 19.3 Å². The highest BCUT2D eigenvalue weighted by atomic mass is 19.3. The van der Waals surface area contributed by atoms with Gasteiger partial charge in [0, 0.05) is 24.6 Å². The normalized spacial score (nSPS) is 14.8. The first-order chi connectivity index (χ1) is 11.6. The fourth-order valence-electron chi connectivity index (χ4n) is 2.48. The third-order valence-electron chi connectivity index (χ3n) is 3.55. The van der Waals surface area contributed by atoms with Crippen molar-refractivity contribution in [2.45, 2.75) is 44.8 Å². The van der Waals surface area contributed by atoms with Crippen molar-refractivity contribution in [1.29, 1.82) is 0 Å². The zero-order chi connectivity index (χ0) is 17.4. The van der Waals surface area contributed by atoms with Crippen molar-refractivity contribution in [3.8, 4) is 5.95 Å². The number of nitrogens with one attached hydrogen (secondary N) is 1. The fraction of sp³-hybridized carbons (Fsp3) is 0.467. The van der Waals surface area contributed by atoms with E-state index in [9.17, 15) is 13.6 Å². The van der Waals surface area contributed by atoms with Crippen molar-refractivity contribution < 1.29 is 18.7 Å². The second kappa shape index (κ2) is 9.02. The summed E-state index contributed by atoms with van der Waals surface area (Å²) in [5.74, 6) is 0.333. The molecule has 2 aromatic rings. The molecule has 9 heteroatoms. The summed E-state index contributed by atoms with van der Waals surface area (Å²) < 4.78 is 21.5. The van der Waals surface area contributed by atoms with Crippen LogP contribution in [0.5, 0.6) is 0 Å². The fourth-order valence-corrected chi connectivity index (χ4v) is 2.48. The predicted molar refractivity (Wildman–Crippen MR) is 81.7 cm³/mol. The average molecular weight is 339 g/mol. The van der Waals surface area contributed by atoms with Gasteiger partial charge in [0.05, 0.1) is 0 Å². The van der Waals surface area contributed by atoms with Gasteiger partial charge in [0.1, 0.15) is 12.0 Å². The molecule has 0 aliphatic heterocycles. The molecule has 2 heterocycles. The zero-order valence-corrected chi connectivity index (χ0v) is 13.0. The highest BCUT2D eigenvalue weighted by Crippen LogP contribution is 2.17. The summed E-state index contributed by atoms with van der Waals surface area (Å²) in [5.41, 5.74) is 0.397. The first kappa shape index (κ1) is 17.9. The number of hydrogen-bond acceptors (Lipinski definition) is 5. The van der Waals surface area contributed by atoms with Crippen molar-refractivity contribution in [2.24, 2.45) is 0 Å². The maximum absolute atomic E-state index is 12.2. The van der Waals surface area contributed by atoms with Crippen molar-refractivity contribution >= 4 is 5.91 Å². The molecule has 3 rings (SSSR count). The monoisotopic (exact) mass is 339 g/mol. The van der Waals surface area contributed by atoms with Gasteiger partial charge in [-0.15, -0.1) is 0 Å². The lowest BCUT2D eigenvalue weighted by Crippen LogP contribution is -2.36. The summed E-state index contributed by atoms with van der Waals surface area (Å²) in [4.78, 5) is 24.6. The molecule has 0 atom stereocenters. The van der Waals surface area contributed by atoms with Gasteiger partial charge >= 0.3 is 6.61 Å². The van der Waals surface area contributed by atoms with Gasteiger partial charge in [0.2, 0.25) is 5.95 Å². The number of aliphatic hydroxyl groups is 1. The molecule has 0 bridgehead atoms. The smallest absolute Gasteiger partial charge is 0.342 e. The van der Waals surface area contributed by atoms with E-state index in [0.717, 1.165) is 12.8 Å². The lowest BCUT2D eigenvalue weighted by Gasteiger charge is -2.22. The van der Waals surface area contributed by atoms with Crippen LogP contribution in [-0.4, -0.2) is 43.2 Å². The van der Waals surface area contributed by atoms with Crippen LogP contribution in [0.4, 0.5) is 8.78 Å². The largest absolute Gasteiger partial charge is 0.348 e. The molecule has 0 unspecified atom stereocenters. The summed E-state index contributed by atoms with van der Waals surface area (Å²) in [6, 6.07) is 1.92. The second-order valence-corrected chi connectivity index (χ2v) is 5.30. The van der Waals surface area contributed by atoms with Gasteiger partial charge in [-0.3, -0.25) is 9.36 Å². The Morgan fingerprint density at radius 1 is 1.29 bits per heavy atom. The minimum absolute atomic E-state index is 0.124. The van der Waals surface area contributed by atoms with Gasteiger partial charge < -0.3 is 10.4 Å². The Labute approximate surface area is 137 Å². The number of nitrogens with zero attached hydrogens (tertiary/aromatic N) is 4. The predicted octanol–water partition coefficient (Wildman–Crippen LogP) is 1.93. The molecule has 1 aliphatic rings. The molecule has 24 heavy (non-hydrogen) atoms. The van der Waals surface area contributed by atoms with Crippen LogP contribution in [0.25, 0.3) is 5.95 Å². The van der Waals surface area contributed by atoms with Crippen molar-refractivity contribution in [1.82, 2.24) is 24.8 Å². The van der Waals surface area contributed by atoms with Crippen LogP contribution in [0.3, 0.4) is 0 Å². The highest BCUT2D eigenvalue weighted by Gasteiger charge is 2.17. The lowest BCUT2D eigenvalue weighted by molar-refractivity contribution is -0.0728. The number of halogens is 2. The number of alkyl halides is 2. The van der Waals surface area contributed by atoms with E-state index in [1.54, 1.807) is 35.6 Å². The Morgan fingerprint density at radius 3 is 2.62 bits per heavy atom. The molecule has 0 aromatic carbocycles. The number of rotatable bonds is 3. The van der Waals surface area contributed by atoms with E-state index < -0.39 is 6.61 Å². The van der Waals surface area contributed by atoms with Crippen molar-refractivity contribution in [2.75, 3.05) is 0 Å². The standard InChI is InChI=1S/C14H17N5O.CH2F2O/c20-13(17-11-4-2-1-3-5-11)12-6-7-16-14(18-12)19-9-8-15-10-19;2-1(3)4/h6-11H,1-5H2,(H,17,20);1,4H. The maximum Gasteiger partial charge on any atom is 0.342 e. The highest BCUT2D eigenvalue weighted by molar-refractivity contribution is 5.92. The zero-order valence-electron chi connectivity index (χ0n) is 13.0. The van der Waals surface area contributed by atoms with Crippen LogP contribution in [0.15, 0.2) is 31.0 Å². The first-order valence-corrected chi connectivity index (χ1v) is 7.64. The van der Waals surface area contributed by atoms with Crippen molar-refractivity contribution in [3.05, 3.63) is 36.7 Å². The number of hydrogen-bond donors (Lipinski definition) is 2. The molecule has 2 N–H and O–H groups in total. The van der Waals surface area contributed by atoms with E-state index in [0.29, 0.717) is 11.6 Å². The Balaban J connectivity index is 0.000000471. The molecule has 1 amide bonds. The molecular weight excluding hydrogens is 320 g/mol. The van der Waals surface area contributed by atoms with E-state index in [1.807, 2.05) is 0 Å². The van der Waals surface area contributed by atoms with Gasteiger partial charge in [-0.2, -0.15) is 8.78 Å². The van der Waals surface area contributed by atoms with Crippen molar-refractivity contribution in [3.63, 3.8) is 0 Å². The molecule has 0 saturated heterocycles. The molecule has 0 radical (unpaired) electrons. The van der Waals surface area contributed by atoms with E-state index in [-0.39, 0.29) is 11.9 Å². The molecule has 0 spiro atoms. The van der Waals surface area contributed by atoms with E-state index in [2.05, 4.69) is 20.3 Å². The van der Waals surface area contributed by atoms with Crippen LogP contribution in [0.2, 0.25) is 0 Å². The Bertz CT molecular complexity index is 628. The van der Waals surface area contributed by atoms with Crippen LogP contribution in [0, 0.1) is 0 Å². The topological polar surface area (TPSA) is 92.9 Å². The third kappa shape index (κ3) is 5.65. The van der Waals surface area contributed by atoms with E-state index >= 15 is 0 Å². The third-order valence-corrected chi connectivity index (χ3v) is 3.55. The Kier molecular flexibility index (Phi) is 6.74. The summed E-state index contributed by atoms with van der Waals surface area (Å²) in [6.45, 7) is -3.17. The lowest BCUT2D eigenvalue weighted by atomic mass is 9.95. The molecule has 1 fully saturated rings. The molecule has 1 aliphatic carbocycles. The molecule has 1 saturated carbocycles. The SMILES string of the molecule is O=C(NC1CCCCC1)c1ccnc(-n2ccnc2)n1.OC(F)F. The summed E-state index contributed by atoms with van der Waals surface area (Å²) in [5, 5.41) is 9.78. The van der Waals surface area contributed by atoms with Crippen LogP contribution < -0.4 is 5.32 Å².